The number of nitrogens with one attached hydrogen (secondary N) is 1. The molecule has 0 radical (unpaired) electrons. The van der Waals surface area contributed by atoms with E-state index < -0.39 is 5.97 Å². The number of para-hydroxylation sites is 1. The summed E-state index contributed by atoms with van der Waals surface area (Å²) in [4.78, 5) is 24.5. The first-order valence-corrected chi connectivity index (χ1v) is 7.47. The molecule has 0 heterocycles. The zero-order valence-electron chi connectivity index (χ0n) is 12.5. The third-order valence-electron chi connectivity index (χ3n) is 3.14. The number of hydrogen-bond donors (Lipinski definition) is 2. The zero-order chi connectivity index (χ0) is 15.5. The van der Waals surface area contributed by atoms with Crippen molar-refractivity contribution >= 4 is 17.7 Å². The summed E-state index contributed by atoms with van der Waals surface area (Å²) in [6.07, 6.45) is 3.65. The van der Waals surface area contributed by atoms with E-state index in [1.165, 1.54) is 0 Å². The molecule has 0 saturated carbocycles. The highest BCUT2D eigenvalue weighted by Crippen LogP contribution is 2.14. The van der Waals surface area contributed by atoms with Crippen molar-refractivity contribution < 1.29 is 14.7 Å². The number of carbonyl (C=O) groups is 2. The maximum Gasteiger partial charge on any atom is 0.321 e. The number of aliphatic carboxylic acids is 1. The van der Waals surface area contributed by atoms with Gasteiger partial charge in [0.05, 0.1) is 0 Å². The van der Waals surface area contributed by atoms with Crippen molar-refractivity contribution in [3.8, 4) is 0 Å². The number of anilines is 1. The number of carboxylic acids is 1. The Balaban J connectivity index is 2.58. The largest absolute Gasteiger partial charge is 0.481 e. The summed E-state index contributed by atoms with van der Waals surface area (Å²) in [5.74, 6) is -0.841. The van der Waals surface area contributed by atoms with Crippen LogP contribution >= 0.6 is 0 Å². The van der Waals surface area contributed by atoms with Gasteiger partial charge in [0.1, 0.15) is 0 Å². The van der Waals surface area contributed by atoms with E-state index in [2.05, 4.69) is 12.2 Å². The van der Waals surface area contributed by atoms with Crippen molar-refractivity contribution in [2.24, 2.45) is 0 Å². The van der Waals surface area contributed by atoms with Crippen molar-refractivity contribution in [1.29, 1.82) is 0 Å². The molecule has 1 aromatic carbocycles. The van der Waals surface area contributed by atoms with Gasteiger partial charge in [-0.1, -0.05) is 38.0 Å². The van der Waals surface area contributed by atoms with Gasteiger partial charge in [-0.3, -0.25) is 9.69 Å². The molecule has 0 aliphatic heterocycles. The molecule has 0 atom stereocenters. The van der Waals surface area contributed by atoms with Crippen molar-refractivity contribution in [2.45, 2.75) is 39.0 Å². The molecule has 0 unspecified atom stereocenters. The van der Waals surface area contributed by atoms with Crippen LogP contribution in [0.15, 0.2) is 30.3 Å². The number of unbranched alkanes of at least 4 members (excludes halogenated alkanes) is 2. The SMILES string of the molecule is CCCCCNC(=O)N(CCCC(=O)O)c1ccccc1. The third kappa shape index (κ3) is 6.79. The van der Waals surface area contributed by atoms with Gasteiger partial charge in [0, 0.05) is 25.2 Å². The molecular weight excluding hydrogens is 268 g/mol. The fraction of sp³-hybridized carbons (Fsp3) is 0.500. The van der Waals surface area contributed by atoms with Gasteiger partial charge in [0.2, 0.25) is 0 Å². The maximum absolute atomic E-state index is 12.2. The summed E-state index contributed by atoms with van der Waals surface area (Å²) in [7, 11) is 0. The minimum atomic E-state index is -0.841. The molecule has 0 fully saturated rings. The maximum atomic E-state index is 12.2. The van der Waals surface area contributed by atoms with Crippen LogP contribution in [0.1, 0.15) is 39.0 Å². The Morgan fingerprint density at radius 1 is 1.14 bits per heavy atom. The highest BCUT2D eigenvalue weighted by molar-refractivity contribution is 5.91. The van der Waals surface area contributed by atoms with E-state index in [0.717, 1.165) is 24.9 Å². The van der Waals surface area contributed by atoms with Gasteiger partial charge in [0.25, 0.3) is 0 Å². The molecule has 0 spiro atoms. The van der Waals surface area contributed by atoms with Gasteiger partial charge >= 0.3 is 12.0 Å². The predicted molar refractivity (Wildman–Crippen MR) is 83.6 cm³/mol. The standard InChI is InChI=1S/C16H24N2O3/c1-2-3-7-12-17-16(21)18(13-8-11-15(19)20)14-9-5-4-6-10-14/h4-6,9-10H,2-3,7-8,11-13H2,1H3,(H,17,21)(H,19,20). The van der Waals surface area contributed by atoms with E-state index in [-0.39, 0.29) is 12.5 Å². The molecule has 5 nitrogen and oxygen atoms in total. The van der Waals surface area contributed by atoms with Gasteiger partial charge in [-0.2, -0.15) is 0 Å². The minimum absolute atomic E-state index is 0.0620. The lowest BCUT2D eigenvalue weighted by Gasteiger charge is -2.23. The highest BCUT2D eigenvalue weighted by Gasteiger charge is 2.15. The van der Waals surface area contributed by atoms with E-state index in [0.29, 0.717) is 19.5 Å². The molecule has 0 aliphatic carbocycles. The highest BCUT2D eigenvalue weighted by atomic mass is 16.4. The summed E-state index contributed by atoms with van der Waals surface area (Å²) in [5.41, 5.74) is 0.788. The molecule has 0 saturated heterocycles. The van der Waals surface area contributed by atoms with Crippen LogP contribution < -0.4 is 10.2 Å². The second kappa shape index (κ2) is 9.80. The summed E-state index contributed by atoms with van der Waals surface area (Å²) in [5, 5.41) is 11.6. The van der Waals surface area contributed by atoms with Crippen LogP contribution in [0.2, 0.25) is 0 Å². The lowest BCUT2D eigenvalue weighted by atomic mass is 10.2. The van der Waals surface area contributed by atoms with Crippen molar-refractivity contribution in [3.05, 3.63) is 30.3 Å². The van der Waals surface area contributed by atoms with Crippen LogP contribution in [0.4, 0.5) is 10.5 Å². The van der Waals surface area contributed by atoms with E-state index in [9.17, 15) is 9.59 Å². The summed E-state index contributed by atoms with van der Waals surface area (Å²) in [6, 6.07) is 9.16. The predicted octanol–water partition coefficient (Wildman–Crippen LogP) is 3.26. The smallest absolute Gasteiger partial charge is 0.321 e. The zero-order valence-corrected chi connectivity index (χ0v) is 12.5. The van der Waals surface area contributed by atoms with Crippen LogP contribution in [-0.2, 0) is 4.79 Å². The van der Waals surface area contributed by atoms with Crippen LogP contribution in [0.3, 0.4) is 0 Å². The summed E-state index contributed by atoms with van der Waals surface area (Å²) >= 11 is 0. The molecule has 5 heteroatoms. The fourth-order valence-corrected chi connectivity index (χ4v) is 2.01. The Morgan fingerprint density at radius 3 is 2.48 bits per heavy atom. The second-order valence-corrected chi connectivity index (χ2v) is 4.92. The summed E-state index contributed by atoms with van der Waals surface area (Å²) in [6.45, 7) is 3.16. The molecule has 1 aromatic rings. The number of carbonyl (C=O) groups excluding carboxylic acids is 1. The lowest BCUT2D eigenvalue weighted by Crippen LogP contribution is -2.41. The van der Waals surface area contributed by atoms with Gasteiger partial charge in [-0.15, -0.1) is 0 Å². The van der Waals surface area contributed by atoms with Gasteiger partial charge in [-0.05, 0) is 25.0 Å². The normalized spacial score (nSPS) is 10.1. The molecule has 0 aromatic heterocycles. The Morgan fingerprint density at radius 2 is 1.86 bits per heavy atom. The Labute approximate surface area is 126 Å². The first kappa shape index (κ1) is 17.0. The number of hydrogen-bond acceptors (Lipinski definition) is 2. The number of amides is 2. The van der Waals surface area contributed by atoms with E-state index in [4.69, 9.17) is 5.11 Å². The second-order valence-electron chi connectivity index (χ2n) is 4.92. The average Bonchev–Trinajstić information content (AvgIpc) is 2.48. The Bertz CT molecular complexity index is 434. The number of benzene rings is 1. The average molecular weight is 292 g/mol. The van der Waals surface area contributed by atoms with Gasteiger partial charge < -0.3 is 10.4 Å². The molecular formula is C16H24N2O3. The fourth-order valence-electron chi connectivity index (χ4n) is 2.01. The monoisotopic (exact) mass is 292 g/mol. The molecule has 21 heavy (non-hydrogen) atoms. The first-order valence-electron chi connectivity index (χ1n) is 7.47. The summed E-state index contributed by atoms with van der Waals surface area (Å²) < 4.78 is 0. The molecule has 0 bridgehead atoms. The van der Waals surface area contributed by atoms with Crippen LogP contribution in [-0.4, -0.2) is 30.2 Å². The third-order valence-corrected chi connectivity index (χ3v) is 3.14. The first-order chi connectivity index (χ1) is 10.1. The Kier molecular flexibility index (Phi) is 7.94. The van der Waals surface area contributed by atoms with Gasteiger partial charge in [-0.25, -0.2) is 4.79 Å². The van der Waals surface area contributed by atoms with Crippen LogP contribution in [0.25, 0.3) is 0 Å². The van der Waals surface area contributed by atoms with Crippen molar-refractivity contribution in [3.63, 3.8) is 0 Å². The van der Waals surface area contributed by atoms with E-state index in [1.54, 1.807) is 4.90 Å². The number of nitrogens with zero attached hydrogens (tertiary/aromatic N) is 1. The topological polar surface area (TPSA) is 69.6 Å². The molecule has 116 valence electrons. The van der Waals surface area contributed by atoms with Crippen LogP contribution in [0.5, 0.6) is 0 Å². The minimum Gasteiger partial charge on any atom is -0.481 e. The number of urea groups is 1. The van der Waals surface area contributed by atoms with E-state index in [1.807, 2.05) is 30.3 Å². The number of rotatable bonds is 9. The van der Waals surface area contributed by atoms with E-state index >= 15 is 0 Å². The van der Waals surface area contributed by atoms with Crippen molar-refractivity contribution in [2.75, 3.05) is 18.0 Å². The lowest BCUT2D eigenvalue weighted by molar-refractivity contribution is -0.137. The molecule has 2 amide bonds. The molecule has 2 N–H and O–H groups in total. The Hall–Kier alpha value is -2.04. The van der Waals surface area contributed by atoms with Gasteiger partial charge in [0.15, 0.2) is 0 Å². The molecule has 0 aliphatic rings. The van der Waals surface area contributed by atoms with Crippen LogP contribution in [0, 0.1) is 0 Å². The van der Waals surface area contributed by atoms with Crippen molar-refractivity contribution in [1.82, 2.24) is 5.32 Å². The quantitative estimate of drug-likeness (QED) is 0.686. The number of carboxylic acid groups (broad SMARTS) is 1. The molecule has 1 rings (SSSR count).